The molecule has 5 aromatic carbocycles. The summed E-state index contributed by atoms with van der Waals surface area (Å²) in [5, 5.41) is 0.341. The third-order valence-electron chi connectivity index (χ3n) is 10.2. The zero-order chi connectivity index (χ0) is 46.1. The molecule has 0 amide bonds. The lowest BCUT2D eigenvalue weighted by Crippen LogP contribution is -2.60. The Morgan fingerprint density at radius 2 is 1.17 bits per heavy atom. The first-order valence-corrected chi connectivity index (χ1v) is 17.8. The molecule has 0 saturated carbocycles. The van der Waals surface area contributed by atoms with Crippen molar-refractivity contribution in [3.63, 3.8) is 0 Å². The molecule has 7 aromatic rings. The van der Waals surface area contributed by atoms with Gasteiger partial charge in [0.2, 0.25) is 5.88 Å². The summed E-state index contributed by atoms with van der Waals surface area (Å²) in [6, 6.07) is 8.52. The number of rotatable bonds is 2. The van der Waals surface area contributed by atoms with Crippen LogP contribution in [0.15, 0.2) is 112 Å². The smallest absolute Gasteiger partial charge is 0.302 e. The second-order valence-corrected chi connectivity index (χ2v) is 17.1. The molecular weight excluding hydrogens is 635 g/mol. The molecule has 0 spiro atoms. The van der Waals surface area contributed by atoms with Crippen molar-refractivity contribution in [1.82, 2.24) is 0 Å². The topological polar surface area (TPSA) is 32.8 Å². The molecule has 5 heteroatoms. The van der Waals surface area contributed by atoms with Crippen LogP contribution in [0.25, 0.3) is 21.9 Å². The lowest BCUT2D eigenvalue weighted by Gasteiger charge is -2.41. The van der Waals surface area contributed by atoms with E-state index >= 15 is 0 Å². The van der Waals surface area contributed by atoms with Crippen molar-refractivity contribution in [3.05, 3.63) is 125 Å². The lowest BCUT2D eigenvalue weighted by atomic mass is 9.35. The van der Waals surface area contributed by atoms with Crippen LogP contribution in [0.1, 0.15) is 99.6 Å². The van der Waals surface area contributed by atoms with E-state index < -0.39 is 35.7 Å². The second kappa shape index (κ2) is 10.9. The van der Waals surface area contributed by atoms with Gasteiger partial charge in [-0.15, -0.1) is 0 Å². The number of aryl methyl sites for hydroxylation is 1. The molecule has 2 aliphatic heterocycles. The highest BCUT2D eigenvalue weighted by Gasteiger charge is 2.49. The van der Waals surface area contributed by atoms with Crippen molar-refractivity contribution in [3.8, 4) is 0 Å². The molecular formula is C47H47BN2O2. The van der Waals surface area contributed by atoms with E-state index in [0.29, 0.717) is 39.2 Å². The molecule has 0 N–H and O–H groups in total. The number of furan rings is 2. The summed E-state index contributed by atoms with van der Waals surface area (Å²) in [6.07, 6.45) is 0. The van der Waals surface area contributed by atoms with Gasteiger partial charge in [-0.05, 0) is 105 Å². The fraction of sp³-hybridized carbons (Fsp3) is 0.277. The van der Waals surface area contributed by atoms with E-state index in [1.54, 1.807) is 0 Å². The Kier molecular flexibility index (Phi) is 4.77. The largest absolute Gasteiger partial charge is 0.468 e. The first kappa shape index (κ1) is 22.7. The standard InChI is InChI=1S/C47H47BN2O2/c1-28-25-36-41-37(26-28)50(33-22-17-30(18-23-33)46(5,6)7)44-40(34-13-11-12-14-38(34)52-44)48(41)43-42(35-27-31(47(8,9)10)19-24-39(35)51-43)49(36)32-20-15-29(16-21-32)45(2,3)4/h11-27H,1-10H3/i11D,12D,13D,14D,17D,18D,19D,22D,23D,24D,27D. The van der Waals surface area contributed by atoms with Crippen LogP contribution in [-0.2, 0) is 16.2 Å². The zero-order valence-corrected chi connectivity index (χ0v) is 31.3. The molecule has 4 nitrogen and oxygen atoms in total. The molecule has 0 radical (unpaired) electrons. The Bertz CT molecular complexity index is 3140. The Hall–Kier alpha value is -5.16. The highest BCUT2D eigenvalue weighted by molar-refractivity contribution is 7.01. The van der Waals surface area contributed by atoms with Crippen molar-refractivity contribution in [2.45, 2.75) is 85.5 Å². The summed E-state index contributed by atoms with van der Waals surface area (Å²) in [4.78, 5) is 3.49. The van der Waals surface area contributed by atoms with Crippen molar-refractivity contribution in [1.29, 1.82) is 0 Å². The van der Waals surface area contributed by atoms with E-state index in [4.69, 9.17) is 14.3 Å². The van der Waals surface area contributed by atoms with Crippen LogP contribution in [0.2, 0.25) is 0 Å². The van der Waals surface area contributed by atoms with Gasteiger partial charge >= 0.3 is 6.71 Å². The van der Waals surface area contributed by atoms with Crippen LogP contribution >= 0.6 is 0 Å². The molecule has 0 atom stereocenters. The molecule has 0 aliphatic carbocycles. The van der Waals surface area contributed by atoms with E-state index in [1.165, 1.54) is 4.90 Å². The average Bonchev–Trinajstić information content (AvgIpc) is 3.78. The summed E-state index contributed by atoms with van der Waals surface area (Å²) in [6.45, 7) is 18.4. The molecule has 52 heavy (non-hydrogen) atoms. The van der Waals surface area contributed by atoms with Gasteiger partial charge < -0.3 is 13.7 Å². The number of fused-ring (bicyclic) bond motifs is 8. The molecule has 0 fully saturated rings. The van der Waals surface area contributed by atoms with Crippen LogP contribution in [-0.4, -0.2) is 6.71 Å². The molecule has 4 heterocycles. The van der Waals surface area contributed by atoms with Gasteiger partial charge in [-0.3, -0.25) is 4.90 Å². The van der Waals surface area contributed by atoms with Gasteiger partial charge in [-0.2, -0.15) is 0 Å². The minimum absolute atomic E-state index is 0.0152. The molecule has 0 saturated heterocycles. The van der Waals surface area contributed by atoms with Crippen LogP contribution < -0.4 is 26.4 Å². The van der Waals surface area contributed by atoms with Gasteiger partial charge in [-0.25, -0.2) is 0 Å². The fourth-order valence-corrected chi connectivity index (χ4v) is 7.43. The number of nitrogens with zero attached hydrogens (tertiary/aromatic N) is 2. The molecule has 2 aliphatic rings. The highest BCUT2D eigenvalue weighted by atomic mass is 16.4. The van der Waals surface area contributed by atoms with Crippen LogP contribution in [0.5, 0.6) is 0 Å². The normalized spacial score (nSPS) is 17.2. The SMILES string of the molecule is [2H]c1c([2H])c(C(C)(C)C)c([2H])c([2H])c1N1c2cc(C)cc3c2B(c2oc4c([2H])c([2H])c(C(C)(C)C)c([2H])c4c2N3c2ccc(C(C)(C)C)cc2)c2c1oc1c([2H])c([2H])c([2H])c([2H])c21. The van der Waals surface area contributed by atoms with E-state index in [-0.39, 0.29) is 98.6 Å². The van der Waals surface area contributed by atoms with Crippen molar-refractivity contribution in [2.24, 2.45) is 0 Å². The monoisotopic (exact) mass is 693 g/mol. The van der Waals surface area contributed by atoms with Crippen LogP contribution in [0.3, 0.4) is 0 Å². The molecule has 9 rings (SSSR count). The summed E-state index contributed by atoms with van der Waals surface area (Å²) >= 11 is 0. The minimum Gasteiger partial charge on any atom is -0.468 e. The first-order chi connectivity index (χ1) is 29.2. The first-order valence-electron chi connectivity index (χ1n) is 23.3. The summed E-state index contributed by atoms with van der Waals surface area (Å²) in [5.41, 5.74) is 3.60. The van der Waals surface area contributed by atoms with Gasteiger partial charge in [0.05, 0.1) is 26.4 Å². The van der Waals surface area contributed by atoms with Gasteiger partial charge in [-0.1, -0.05) is 111 Å². The maximum absolute atomic E-state index is 9.82. The Labute approximate surface area is 323 Å². The minimum atomic E-state index is -1.01. The third-order valence-corrected chi connectivity index (χ3v) is 10.2. The third kappa shape index (κ3) is 4.88. The number of hydrogen-bond acceptors (Lipinski definition) is 4. The number of anilines is 6. The van der Waals surface area contributed by atoms with E-state index in [1.807, 2.05) is 89.8 Å². The number of hydrogen-bond donors (Lipinski definition) is 0. The van der Waals surface area contributed by atoms with Gasteiger partial charge in [0, 0.05) is 39.0 Å². The Morgan fingerprint density at radius 3 is 1.83 bits per heavy atom. The van der Waals surface area contributed by atoms with Gasteiger partial charge in [0.25, 0.3) is 0 Å². The number of benzene rings is 5. The predicted octanol–water partition coefficient (Wildman–Crippen LogP) is 11.5. The second-order valence-electron chi connectivity index (χ2n) is 17.1. The van der Waals surface area contributed by atoms with Gasteiger partial charge in [0.1, 0.15) is 11.2 Å². The summed E-state index contributed by atoms with van der Waals surface area (Å²) in [7, 11) is 0. The maximum atomic E-state index is 9.82. The lowest BCUT2D eigenvalue weighted by molar-refractivity contribution is 0.590. The van der Waals surface area contributed by atoms with Crippen molar-refractivity contribution >= 4 is 79.6 Å². The quantitative estimate of drug-likeness (QED) is 0.169. The molecule has 0 unspecified atom stereocenters. The van der Waals surface area contributed by atoms with Crippen molar-refractivity contribution < 1.29 is 23.9 Å². The summed E-state index contributed by atoms with van der Waals surface area (Å²) < 4.78 is 115. The zero-order valence-electron chi connectivity index (χ0n) is 42.3. The fourth-order valence-electron chi connectivity index (χ4n) is 7.43. The van der Waals surface area contributed by atoms with Crippen LogP contribution in [0, 0.1) is 6.92 Å². The van der Waals surface area contributed by atoms with Crippen LogP contribution in [0.4, 0.5) is 34.3 Å². The predicted molar refractivity (Wildman–Crippen MR) is 221 cm³/mol. The average molecular weight is 694 g/mol. The van der Waals surface area contributed by atoms with Gasteiger partial charge in [0.15, 0.2) is 0 Å². The molecule has 0 bridgehead atoms. The Morgan fingerprint density at radius 1 is 0.577 bits per heavy atom. The van der Waals surface area contributed by atoms with E-state index in [2.05, 4.69) is 20.8 Å². The molecule has 2 aromatic heterocycles. The number of para-hydroxylation sites is 1. The van der Waals surface area contributed by atoms with E-state index in [9.17, 15) is 9.60 Å². The molecule has 260 valence electrons. The maximum Gasteiger partial charge on any atom is 0.302 e. The van der Waals surface area contributed by atoms with Crippen molar-refractivity contribution in [2.75, 3.05) is 9.80 Å². The highest BCUT2D eigenvalue weighted by Crippen LogP contribution is 2.49. The van der Waals surface area contributed by atoms with E-state index in [0.717, 1.165) is 11.1 Å². The Balaban J connectivity index is 1.52. The summed E-state index contributed by atoms with van der Waals surface area (Å²) in [5.74, 6) is -0.0431.